The molecule has 0 bridgehead atoms. The summed E-state index contributed by atoms with van der Waals surface area (Å²) in [6, 6.07) is 35.8. The number of benzene rings is 4. The number of nitriles is 2. The van der Waals surface area contributed by atoms with Gasteiger partial charge in [-0.1, -0.05) is 97.4 Å². The lowest BCUT2D eigenvalue weighted by Gasteiger charge is -2.53. The smallest absolute Gasteiger partial charge is 0.140 e. The Labute approximate surface area is 222 Å². The predicted octanol–water partition coefficient (Wildman–Crippen LogP) is 6.20. The fourth-order valence-corrected chi connectivity index (χ4v) is 7.02. The molecule has 1 fully saturated rings. The summed E-state index contributed by atoms with van der Waals surface area (Å²) in [7, 11) is 0. The zero-order valence-electron chi connectivity index (χ0n) is 21.0. The lowest BCUT2D eigenvalue weighted by molar-refractivity contribution is 0.176. The van der Waals surface area contributed by atoms with E-state index in [0.29, 0.717) is 11.1 Å². The van der Waals surface area contributed by atoms with Crippen LogP contribution in [0.25, 0.3) is 22.0 Å². The molecule has 1 spiro atoms. The van der Waals surface area contributed by atoms with Crippen molar-refractivity contribution in [1.82, 2.24) is 0 Å². The van der Waals surface area contributed by atoms with Crippen LogP contribution in [0.5, 0.6) is 0 Å². The zero-order chi connectivity index (χ0) is 25.7. The van der Waals surface area contributed by atoms with Gasteiger partial charge in [0.05, 0.1) is 11.0 Å². The first-order chi connectivity index (χ1) is 18.7. The van der Waals surface area contributed by atoms with Crippen molar-refractivity contribution in [3.8, 4) is 12.1 Å². The quantitative estimate of drug-likeness (QED) is 0.336. The summed E-state index contributed by atoms with van der Waals surface area (Å²) in [6.45, 7) is 0. The maximum absolute atomic E-state index is 9.84. The Morgan fingerprint density at radius 3 is 2.26 bits per heavy atom. The van der Waals surface area contributed by atoms with Gasteiger partial charge < -0.3 is 4.90 Å². The van der Waals surface area contributed by atoms with Crippen molar-refractivity contribution < 1.29 is 0 Å². The molecule has 0 radical (unpaired) electrons. The third-order valence-corrected chi connectivity index (χ3v) is 8.59. The number of anilines is 1. The van der Waals surface area contributed by atoms with Gasteiger partial charge in [0.1, 0.15) is 23.4 Å². The molecule has 0 N–H and O–H groups in total. The van der Waals surface area contributed by atoms with Gasteiger partial charge in [0.15, 0.2) is 0 Å². The van der Waals surface area contributed by atoms with E-state index in [0.717, 1.165) is 52.3 Å². The van der Waals surface area contributed by atoms with Crippen LogP contribution in [0.1, 0.15) is 42.7 Å². The molecule has 3 aliphatic rings. The third kappa shape index (κ3) is 3.17. The van der Waals surface area contributed by atoms with Crippen LogP contribution in [-0.2, 0) is 0 Å². The molecule has 4 aromatic carbocycles. The van der Waals surface area contributed by atoms with Crippen molar-refractivity contribution in [3.05, 3.63) is 119 Å². The fraction of sp³-hybridized carbons (Fsp3) is 0.206. The van der Waals surface area contributed by atoms with Crippen LogP contribution in [0.3, 0.4) is 0 Å². The highest BCUT2D eigenvalue weighted by atomic mass is 15.4. The second kappa shape index (κ2) is 8.72. The molecular formula is C34H26N4. The first-order valence-electron chi connectivity index (χ1n) is 13.3. The van der Waals surface area contributed by atoms with Gasteiger partial charge in [0.25, 0.3) is 0 Å². The average Bonchev–Trinajstić information content (AvgIpc) is 3.32. The monoisotopic (exact) mass is 490 g/mol. The summed E-state index contributed by atoms with van der Waals surface area (Å²) in [5.41, 5.74) is 4.34. The van der Waals surface area contributed by atoms with E-state index < -0.39 is 5.66 Å². The van der Waals surface area contributed by atoms with Gasteiger partial charge in [-0.2, -0.15) is 10.5 Å². The molecule has 4 nitrogen and oxygen atoms in total. The van der Waals surface area contributed by atoms with Crippen molar-refractivity contribution in [2.24, 2.45) is 10.9 Å². The summed E-state index contributed by atoms with van der Waals surface area (Å²) in [4.78, 5) is 8.13. The predicted molar refractivity (Wildman–Crippen MR) is 150 cm³/mol. The summed E-state index contributed by atoms with van der Waals surface area (Å²) in [5, 5.41) is 23.2. The first kappa shape index (κ1) is 22.5. The minimum absolute atomic E-state index is 0.134. The molecule has 38 heavy (non-hydrogen) atoms. The first-order valence-corrected chi connectivity index (χ1v) is 13.3. The minimum atomic E-state index is -0.415. The van der Waals surface area contributed by atoms with Crippen LogP contribution >= 0.6 is 0 Å². The highest BCUT2D eigenvalue weighted by molar-refractivity contribution is 5.95. The van der Waals surface area contributed by atoms with Crippen molar-refractivity contribution >= 4 is 27.7 Å². The number of rotatable bonds is 2. The Bertz CT molecular complexity index is 1790. The zero-order valence-corrected chi connectivity index (χ0v) is 21.0. The van der Waals surface area contributed by atoms with Gasteiger partial charge in [-0.25, -0.2) is 0 Å². The van der Waals surface area contributed by atoms with Gasteiger partial charge in [-0.3, -0.25) is 4.99 Å². The van der Waals surface area contributed by atoms with E-state index in [1.165, 1.54) is 12.0 Å². The maximum atomic E-state index is 9.84. The third-order valence-electron chi connectivity index (χ3n) is 8.59. The van der Waals surface area contributed by atoms with Crippen LogP contribution in [0.15, 0.2) is 102 Å². The highest BCUT2D eigenvalue weighted by Crippen LogP contribution is 2.56. The molecule has 4 aromatic rings. The fourth-order valence-electron chi connectivity index (χ4n) is 7.02. The molecule has 3 atom stereocenters. The standard InChI is InChI=1S/C34H26N4/c35-21-25(22-36)28-19-32-33(27-16-8-7-15-26(27)28)37-34-18-10-9-17-30(34)29(23-11-3-1-4-12-23)20-31(38(32)34)24-13-5-2-6-14-24/h1-8,11-16,19-20,29-30H,9-10,17-18H2/t29-,30+,34+/m0/s1. The maximum Gasteiger partial charge on any atom is 0.140 e. The summed E-state index contributed by atoms with van der Waals surface area (Å²) >= 11 is 0. The highest BCUT2D eigenvalue weighted by Gasteiger charge is 2.55. The van der Waals surface area contributed by atoms with E-state index in [-0.39, 0.29) is 11.5 Å². The van der Waals surface area contributed by atoms with Crippen molar-refractivity contribution in [1.29, 1.82) is 10.5 Å². The van der Waals surface area contributed by atoms with Crippen molar-refractivity contribution in [2.45, 2.75) is 37.3 Å². The van der Waals surface area contributed by atoms with Crippen LogP contribution in [0, 0.1) is 28.6 Å². The molecule has 7 rings (SSSR count). The van der Waals surface area contributed by atoms with Crippen molar-refractivity contribution in [2.75, 3.05) is 4.90 Å². The number of hydrogen-bond acceptors (Lipinski definition) is 4. The summed E-state index contributed by atoms with van der Waals surface area (Å²) in [6.07, 6.45) is 6.82. The van der Waals surface area contributed by atoms with Gasteiger partial charge in [-0.05, 0) is 41.8 Å². The van der Waals surface area contributed by atoms with Crippen LogP contribution in [0.2, 0.25) is 0 Å². The molecule has 0 aromatic heterocycles. The van der Waals surface area contributed by atoms with Crippen LogP contribution < -0.4 is 15.5 Å². The molecule has 2 heterocycles. The largest absolute Gasteiger partial charge is 0.314 e. The van der Waals surface area contributed by atoms with E-state index in [1.807, 2.05) is 24.3 Å². The van der Waals surface area contributed by atoms with Gasteiger partial charge in [0, 0.05) is 28.1 Å². The van der Waals surface area contributed by atoms with Gasteiger partial charge >= 0.3 is 0 Å². The van der Waals surface area contributed by atoms with Gasteiger partial charge in [-0.15, -0.1) is 0 Å². The molecule has 0 saturated heterocycles. The van der Waals surface area contributed by atoms with Gasteiger partial charge in [0.2, 0.25) is 0 Å². The second-order valence-corrected chi connectivity index (χ2v) is 10.5. The van der Waals surface area contributed by atoms with E-state index in [4.69, 9.17) is 4.99 Å². The van der Waals surface area contributed by atoms with E-state index in [1.54, 1.807) is 0 Å². The lowest BCUT2D eigenvalue weighted by atomic mass is 9.66. The Hall–Kier alpha value is -4.67. The van der Waals surface area contributed by atoms with E-state index >= 15 is 0 Å². The topological polar surface area (TPSA) is 63.2 Å². The minimum Gasteiger partial charge on any atom is -0.314 e. The molecule has 0 unspecified atom stereocenters. The van der Waals surface area contributed by atoms with E-state index in [9.17, 15) is 10.5 Å². The molecule has 4 heteroatoms. The Morgan fingerprint density at radius 2 is 1.53 bits per heavy atom. The SMILES string of the molecule is N#CC(C#N)=c1cc2c(c3ccccc13)=N[C@@]13CCCC[C@@H]1[C@H](c1ccccc1)C=C(c1ccccc1)N23. The molecular weight excluding hydrogens is 464 g/mol. The summed E-state index contributed by atoms with van der Waals surface area (Å²) in [5.74, 6) is 0.559. The number of hydrogen-bond donors (Lipinski definition) is 0. The van der Waals surface area contributed by atoms with Crippen LogP contribution in [0.4, 0.5) is 5.69 Å². The van der Waals surface area contributed by atoms with Crippen molar-refractivity contribution in [3.63, 3.8) is 0 Å². The molecule has 1 saturated carbocycles. The van der Waals surface area contributed by atoms with E-state index in [2.05, 4.69) is 89.8 Å². The Kier molecular flexibility index (Phi) is 5.17. The normalized spacial score (nSPS) is 23.2. The second-order valence-electron chi connectivity index (χ2n) is 10.5. The molecule has 0 amide bonds. The van der Waals surface area contributed by atoms with Crippen LogP contribution in [-0.4, -0.2) is 5.66 Å². The Balaban J connectivity index is 1.60. The number of allylic oxidation sites excluding steroid dienone is 1. The summed E-state index contributed by atoms with van der Waals surface area (Å²) < 4.78 is 0. The molecule has 182 valence electrons. The number of fused-ring (bicyclic) bond motifs is 4. The average molecular weight is 491 g/mol. The Morgan fingerprint density at radius 1 is 0.842 bits per heavy atom. The molecule has 2 aliphatic heterocycles. The lowest BCUT2D eigenvalue weighted by Crippen LogP contribution is -2.55. The number of nitrogens with zero attached hydrogens (tertiary/aromatic N) is 4. The molecule has 1 aliphatic carbocycles.